The van der Waals surface area contributed by atoms with Crippen LogP contribution in [0.4, 0.5) is 0 Å². The van der Waals surface area contributed by atoms with Crippen molar-refractivity contribution in [2.45, 2.75) is 50.7 Å². The van der Waals surface area contributed by atoms with Crippen LogP contribution in [0.2, 0.25) is 0 Å². The van der Waals surface area contributed by atoms with Gasteiger partial charge in [-0.05, 0) is 55.7 Å². The van der Waals surface area contributed by atoms with Gasteiger partial charge in [-0.2, -0.15) is 0 Å². The molecule has 0 fully saturated rings. The van der Waals surface area contributed by atoms with Crippen LogP contribution in [0.25, 0.3) is 11.1 Å². The Morgan fingerprint density at radius 3 is 0.674 bits per heavy atom. The summed E-state index contributed by atoms with van der Waals surface area (Å²) in [5.41, 5.74) is 10.5. The Labute approximate surface area is 288 Å². The number of hydrogen-bond acceptors (Lipinski definition) is 8. The van der Waals surface area contributed by atoms with Gasteiger partial charge in [0, 0.05) is 50.7 Å². The van der Waals surface area contributed by atoms with Crippen molar-refractivity contribution in [2.75, 3.05) is 0 Å². The van der Waals surface area contributed by atoms with E-state index in [1.54, 1.807) is 27.7 Å². The largest absolute Gasteiger partial charge is 0.288 e. The zero-order valence-electron chi connectivity index (χ0n) is 26.3. The molecule has 0 aliphatic carbocycles. The Balaban J connectivity index is 1.89. The first-order valence-electron chi connectivity index (χ1n) is 14.7. The maximum Gasteiger partial charge on any atom is 0.186 e. The molecule has 0 saturated carbocycles. The third kappa shape index (κ3) is 10.9. The highest BCUT2D eigenvalue weighted by Crippen LogP contribution is 2.38. The first-order chi connectivity index (χ1) is 22.1. The predicted octanol–water partition coefficient (Wildman–Crippen LogP) is 9.81. The number of thioether (sulfide) groups is 4. The Morgan fingerprint density at radius 1 is 0.348 bits per heavy atom. The Kier molecular flexibility index (Phi) is 13.6. The second-order valence-corrected chi connectivity index (χ2v) is 15.3. The molecule has 0 aromatic heterocycles. The van der Waals surface area contributed by atoms with Crippen molar-refractivity contribution in [1.82, 2.24) is 0 Å². The van der Waals surface area contributed by atoms with E-state index < -0.39 is 0 Å². The van der Waals surface area contributed by atoms with E-state index in [4.69, 9.17) is 0 Å². The summed E-state index contributed by atoms with van der Waals surface area (Å²) in [5, 5.41) is 0.353. The van der Waals surface area contributed by atoms with E-state index in [0.717, 1.165) is 55.7 Å². The van der Waals surface area contributed by atoms with E-state index in [2.05, 4.69) is 97.1 Å². The maximum atomic E-state index is 11.6. The van der Waals surface area contributed by atoms with Gasteiger partial charge in [0.05, 0.1) is 0 Å². The van der Waals surface area contributed by atoms with Gasteiger partial charge in [-0.3, -0.25) is 19.2 Å². The molecule has 4 rings (SSSR count). The second kappa shape index (κ2) is 17.6. The molecule has 0 aliphatic rings. The molecule has 0 spiro atoms. The third-order valence-electron chi connectivity index (χ3n) is 6.99. The standard InChI is InChI=1S/C38H36O4S4/c1-25(39)43-21-29-5-13-33(14-6-29)37(34-15-7-30(8-16-34)22-44-26(2)40)38(35-17-9-31(10-18-35)23-45-27(3)41)36-19-11-32(12-20-36)24-46-28(4)42/h5-20H,21-24H2,1-4H3. The smallest absolute Gasteiger partial charge is 0.186 e. The van der Waals surface area contributed by atoms with Crippen LogP contribution in [-0.2, 0) is 42.2 Å². The number of carbonyl (C=O) groups is 4. The van der Waals surface area contributed by atoms with E-state index in [1.807, 2.05) is 0 Å². The van der Waals surface area contributed by atoms with Gasteiger partial charge in [0.15, 0.2) is 20.5 Å². The number of hydrogen-bond donors (Lipinski definition) is 0. The van der Waals surface area contributed by atoms with Crippen LogP contribution in [-0.4, -0.2) is 20.5 Å². The highest BCUT2D eigenvalue weighted by atomic mass is 32.2. The van der Waals surface area contributed by atoms with E-state index in [1.165, 1.54) is 47.0 Å². The first-order valence-corrected chi connectivity index (χ1v) is 18.7. The molecular weight excluding hydrogens is 649 g/mol. The van der Waals surface area contributed by atoms with Crippen LogP contribution in [0.1, 0.15) is 72.2 Å². The molecule has 236 valence electrons. The van der Waals surface area contributed by atoms with E-state index in [0.29, 0.717) is 23.0 Å². The predicted molar refractivity (Wildman–Crippen MR) is 199 cm³/mol. The van der Waals surface area contributed by atoms with Crippen molar-refractivity contribution in [2.24, 2.45) is 0 Å². The highest BCUT2D eigenvalue weighted by Gasteiger charge is 2.17. The molecule has 0 aliphatic heterocycles. The lowest BCUT2D eigenvalue weighted by molar-refractivity contribution is -0.109. The van der Waals surface area contributed by atoms with Crippen LogP contribution in [0.5, 0.6) is 0 Å². The Bertz CT molecular complexity index is 1450. The molecule has 4 aromatic carbocycles. The SMILES string of the molecule is CC(=O)SCc1ccc(C(=C(c2ccc(CSC(C)=O)cc2)c2ccc(CSC(C)=O)cc2)c2ccc(CSC(C)=O)cc2)cc1. The molecule has 46 heavy (non-hydrogen) atoms. The fraction of sp³-hybridized carbons (Fsp3) is 0.211. The minimum Gasteiger partial charge on any atom is -0.288 e. The molecule has 4 nitrogen and oxygen atoms in total. The van der Waals surface area contributed by atoms with Crippen molar-refractivity contribution in [1.29, 1.82) is 0 Å². The minimum atomic E-state index is 0.0882. The maximum absolute atomic E-state index is 11.6. The summed E-state index contributed by atoms with van der Waals surface area (Å²) in [6, 6.07) is 33.5. The van der Waals surface area contributed by atoms with Crippen molar-refractivity contribution < 1.29 is 19.2 Å². The van der Waals surface area contributed by atoms with Crippen LogP contribution in [0.3, 0.4) is 0 Å². The number of carbonyl (C=O) groups excluding carboxylic acids is 4. The van der Waals surface area contributed by atoms with Gasteiger partial charge >= 0.3 is 0 Å². The van der Waals surface area contributed by atoms with Crippen molar-refractivity contribution in [3.05, 3.63) is 142 Å². The summed E-state index contributed by atoms with van der Waals surface area (Å²) < 4.78 is 0. The van der Waals surface area contributed by atoms with Crippen LogP contribution in [0.15, 0.2) is 97.1 Å². The van der Waals surface area contributed by atoms with Gasteiger partial charge in [0.2, 0.25) is 0 Å². The van der Waals surface area contributed by atoms with Gasteiger partial charge in [-0.15, -0.1) is 0 Å². The van der Waals surface area contributed by atoms with Crippen molar-refractivity contribution in [3.8, 4) is 0 Å². The molecule has 0 bridgehead atoms. The average molecular weight is 685 g/mol. The number of rotatable bonds is 12. The topological polar surface area (TPSA) is 68.3 Å². The van der Waals surface area contributed by atoms with E-state index in [9.17, 15) is 19.2 Å². The third-order valence-corrected chi connectivity index (χ3v) is 10.5. The second-order valence-electron chi connectivity index (χ2n) is 10.7. The lowest BCUT2D eigenvalue weighted by atomic mass is 9.85. The zero-order chi connectivity index (χ0) is 33.1. The van der Waals surface area contributed by atoms with Gasteiger partial charge in [0.1, 0.15) is 0 Å². The van der Waals surface area contributed by atoms with E-state index in [-0.39, 0.29) is 20.5 Å². The Hall–Kier alpha value is -3.30. The fourth-order valence-electron chi connectivity index (χ4n) is 4.72. The summed E-state index contributed by atoms with van der Waals surface area (Å²) in [4.78, 5) is 46.3. The molecule has 4 aromatic rings. The molecule has 0 radical (unpaired) electrons. The lowest BCUT2D eigenvalue weighted by Gasteiger charge is -2.19. The Morgan fingerprint density at radius 2 is 0.522 bits per heavy atom. The molecule has 0 unspecified atom stereocenters. The molecular formula is C38H36O4S4. The van der Waals surface area contributed by atoms with Crippen LogP contribution < -0.4 is 0 Å². The van der Waals surface area contributed by atoms with Crippen molar-refractivity contribution >= 4 is 78.7 Å². The highest BCUT2D eigenvalue weighted by molar-refractivity contribution is 8.13. The molecule has 0 saturated heterocycles. The van der Waals surface area contributed by atoms with E-state index >= 15 is 0 Å². The molecule has 8 heteroatoms. The van der Waals surface area contributed by atoms with Crippen LogP contribution >= 0.6 is 47.0 Å². The van der Waals surface area contributed by atoms with Crippen molar-refractivity contribution in [3.63, 3.8) is 0 Å². The minimum absolute atomic E-state index is 0.0882. The van der Waals surface area contributed by atoms with Gasteiger partial charge in [-0.25, -0.2) is 0 Å². The quantitative estimate of drug-likeness (QED) is 0.137. The normalized spacial score (nSPS) is 10.8. The summed E-state index contributed by atoms with van der Waals surface area (Å²) >= 11 is 5.18. The van der Waals surface area contributed by atoms with Gasteiger partial charge in [-0.1, -0.05) is 144 Å². The average Bonchev–Trinajstić information content (AvgIpc) is 3.04. The fourth-order valence-corrected chi connectivity index (χ4v) is 6.97. The summed E-state index contributed by atoms with van der Waals surface area (Å²) in [6.07, 6.45) is 0. The monoisotopic (exact) mass is 684 g/mol. The molecule has 0 atom stereocenters. The number of benzene rings is 4. The summed E-state index contributed by atoms with van der Waals surface area (Å²) in [6.45, 7) is 6.33. The molecule has 0 heterocycles. The summed E-state index contributed by atoms with van der Waals surface area (Å²) in [5.74, 6) is 2.46. The molecule has 0 N–H and O–H groups in total. The molecule has 0 amide bonds. The van der Waals surface area contributed by atoms with Crippen LogP contribution in [0, 0.1) is 0 Å². The van der Waals surface area contributed by atoms with Gasteiger partial charge in [0.25, 0.3) is 0 Å². The lowest BCUT2D eigenvalue weighted by Crippen LogP contribution is -1.99. The zero-order valence-corrected chi connectivity index (χ0v) is 29.6. The van der Waals surface area contributed by atoms with Gasteiger partial charge < -0.3 is 0 Å². The summed E-state index contributed by atoms with van der Waals surface area (Å²) in [7, 11) is 0. The first kappa shape index (κ1) is 35.6.